The highest BCUT2D eigenvalue weighted by Gasteiger charge is 2.27. The number of nitrogens with zero attached hydrogens (tertiary/aromatic N) is 2. The molecular weight excluding hydrogens is 268 g/mol. The summed E-state index contributed by atoms with van der Waals surface area (Å²) in [5, 5.41) is 12.4. The molecule has 2 aliphatic rings. The van der Waals surface area contributed by atoms with Crippen LogP contribution in [0.1, 0.15) is 68.0 Å². The Hall–Kier alpha value is -0.450. The molecule has 1 aromatic rings. The van der Waals surface area contributed by atoms with Crippen LogP contribution < -0.4 is 0 Å². The van der Waals surface area contributed by atoms with Crippen molar-refractivity contribution in [1.29, 1.82) is 0 Å². The maximum Gasteiger partial charge on any atom is 0.0961 e. The Morgan fingerprint density at radius 1 is 1.10 bits per heavy atom. The fourth-order valence-electron chi connectivity index (χ4n) is 3.72. The van der Waals surface area contributed by atoms with Gasteiger partial charge in [-0.05, 0) is 38.8 Å². The van der Waals surface area contributed by atoms with Crippen molar-refractivity contribution in [2.24, 2.45) is 0 Å². The van der Waals surface area contributed by atoms with E-state index in [9.17, 15) is 0 Å². The van der Waals surface area contributed by atoms with E-state index in [0.29, 0.717) is 5.92 Å². The zero-order chi connectivity index (χ0) is 13.8. The summed E-state index contributed by atoms with van der Waals surface area (Å²) in [5.41, 5.74) is 0.844. The molecule has 1 aromatic heterocycles. The molecule has 1 N–H and O–H groups in total. The van der Waals surface area contributed by atoms with Crippen LogP contribution in [0.5, 0.6) is 0 Å². The molecule has 1 aliphatic heterocycles. The lowest BCUT2D eigenvalue weighted by molar-refractivity contribution is 0.139. The molecule has 3 nitrogen and oxygen atoms in total. The average Bonchev–Trinajstić information content (AvgIpc) is 2.82. The fourth-order valence-corrected chi connectivity index (χ4v) is 4.70. The van der Waals surface area contributed by atoms with Crippen LogP contribution in [0.15, 0.2) is 5.38 Å². The molecule has 0 unspecified atom stereocenters. The lowest BCUT2D eigenvalue weighted by Gasteiger charge is -2.36. The third kappa shape index (κ3) is 3.41. The van der Waals surface area contributed by atoms with Crippen molar-refractivity contribution in [2.75, 3.05) is 13.1 Å². The second kappa shape index (κ2) is 7.01. The van der Waals surface area contributed by atoms with Crippen LogP contribution in [0.2, 0.25) is 0 Å². The summed E-state index contributed by atoms with van der Waals surface area (Å²) in [4.78, 5) is 7.29. The molecule has 1 aliphatic carbocycles. The average molecular weight is 294 g/mol. The Morgan fingerprint density at radius 2 is 1.80 bits per heavy atom. The largest absolute Gasteiger partial charge is 0.390 e. The number of hydrogen-bond donors (Lipinski definition) is 1. The lowest BCUT2D eigenvalue weighted by Crippen LogP contribution is -2.40. The molecule has 0 amide bonds. The second-order valence-corrected chi connectivity index (χ2v) is 7.18. The molecule has 4 heteroatoms. The van der Waals surface area contributed by atoms with Crippen molar-refractivity contribution in [3.05, 3.63) is 16.1 Å². The number of aliphatic hydroxyl groups is 1. The van der Waals surface area contributed by atoms with Crippen LogP contribution in [0.25, 0.3) is 0 Å². The zero-order valence-electron chi connectivity index (χ0n) is 12.3. The second-order valence-electron chi connectivity index (χ2n) is 6.29. The van der Waals surface area contributed by atoms with Crippen molar-refractivity contribution in [2.45, 2.75) is 69.9 Å². The van der Waals surface area contributed by atoms with E-state index in [0.717, 1.165) is 11.7 Å². The van der Waals surface area contributed by atoms with Gasteiger partial charge in [0, 0.05) is 17.3 Å². The van der Waals surface area contributed by atoms with E-state index in [2.05, 4.69) is 9.88 Å². The lowest BCUT2D eigenvalue weighted by atomic mass is 9.95. The van der Waals surface area contributed by atoms with Crippen molar-refractivity contribution >= 4 is 11.3 Å². The summed E-state index contributed by atoms with van der Waals surface area (Å²) in [6, 6.07) is 0.850. The van der Waals surface area contributed by atoms with Crippen LogP contribution in [-0.4, -0.2) is 34.1 Å². The normalized spacial score (nSPS) is 23.9. The Labute approximate surface area is 126 Å². The summed E-state index contributed by atoms with van der Waals surface area (Å²) in [5.74, 6) is 0.627. The van der Waals surface area contributed by atoms with Crippen LogP contribution in [0, 0.1) is 0 Å². The minimum absolute atomic E-state index is 0.0808. The molecule has 1 saturated heterocycles. The van der Waals surface area contributed by atoms with Gasteiger partial charge < -0.3 is 10.0 Å². The maximum absolute atomic E-state index is 9.12. The Balaban J connectivity index is 1.53. The van der Waals surface area contributed by atoms with Crippen molar-refractivity contribution < 1.29 is 5.11 Å². The van der Waals surface area contributed by atoms with E-state index in [1.54, 1.807) is 11.3 Å². The first kappa shape index (κ1) is 14.5. The van der Waals surface area contributed by atoms with E-state index < -0.39 is 0 Å². The first-order chi connectivity index (χ1) is 9.86. The Morgan fingerprint density at radius 3 is 2.40 bits per heavy atom. The number of thiazole rings is 1. The summed E-state index contributed by atoms with van der Waals surface area (Å²) in [7, 11) is 0. The molecule has 0 atom stereocenters. The molecule has 20 heavy (non-hydrogen) atoms. The van der Waals surface area contributed by atoms with Gasteiger partial charge in [-0.2, -0.15) is 0 Å². The van der Waals surface area contributed by atoms with Crippen LogP contribution >= 0.6 is 11.3 Å². The van der Waals surface area contributed by atoms with E-state index in [1.165, 1.54) is 69.5 Å². The summed E-state index contributed by atoms with van der Waals surface area (Å²) in [6.07, 6.45) is 11.1. The van der Waals surface area contributed by atoms with E-state index in [4.69, 9.17) is 5.11 Å². The standard InChI is InChI=1S/C16H26N2OS/c19-11-14-12-20-16(17-14)13-7-9-18(10-8-13)15-5-3-1-2-4-6-15/h12-13,15,19H,1-11H2. The first-order valence-electron chi connectivity index (χ1n) is 8.16. The van der Waals surface area contributed by atoms with Gasteiger partial charge >= 0.3 is 0 Å². The van der Waals surface area contributed by atoms with Crippen molar-refractivity contribution in [1.82, 2.24) is 9.88 Å². The Kier molecular flexibility index (Phi) is 5.08. The molecule has 0 aromatic carbocycles. The SMILES string of the molecule is OCc1csc(C2CCN(C3CCCCCC3)CC2)n1. The molecular formula is C16H26N2OS. The number of aromatic nitrogens is 1. The number of hydrogen-bond acceptors (Lipinski definition) is 4. The van der Waals surface area contributed by atoms with Crippen molar-refractivity contribution in [3.63, 3.8) is 0 Å². The van der Waals surface area contributed by atoms with Gasteiger partial charge in [0.15, 0.2) is 0 Å². The van der Waals surface area contributed by atoms with Gasteiger partial charge in [0.05, 0.1) is 17.3 Å². The highest BCUT2D eigenvalue weighted by atomic mass is 32.1. The molecule has 0 spiro atoms. The molecule has 3 rings (SSSR count). The van der Waals surface area contributed by atoms with Gasteiger partial charge in [-0.1, -0.05) is 25.7 Å². The third-order valence-corrected chi connectivity index (χ3v) is 6.01. The minimum Gasteiger partial charge on any atom is -0.390 e. The summed E-state index contributed by atoms with van der Waals surface area (Å²) < 4.78 is 0. The smallest absolute Gasteiger partial charge is 0.0961 e. The van der Waals surface area contributed by atoms with E-state index >= 15 is 0 Å². The van der Waals surface area contributed by atoms with Crippen LogP contribution in [0.3, 0.4) is 0 Å². The minimum atomic E-state index is 0.0808. The van der Waals surface area contributed by atoms with Crippen LogP contribution in [0.4, 0.5) is 0 Å². The van der Waals surface area contributed by atoms with E-state index in [1.807, 2.05) is 5.38 Å². The highest BCUT2D eigenvalue weighted by molar-refractivity contribution is 7.09. The fraction of sp³-hybridized carbons (Fsp3) is 0.812. The topological polar surface area (TPSA) is 36.4 Å². The predicted octanol–water partition coefficient (Wildman–Crippen LogP) is 3.54. The maximum atomic E-state index is 9.12. The summed E-state index contributed by atoms with van der Waals surface area (Å²) in [6.45, 7) is 2.56. The van der Waals surface area contributed by atoms with Gasteiger partial charge in [0.1, 0.15) is 0 Å². The quantitative estimate of drug-likeness (QED) is 0.866. The molecule has 0 radical (unpaired) electrons. The van der Waals surface area contributed by atoms with Gasteiger partial charge in [-0.25, -0.2) is 4.98 Å². The summed E-state index contributed by atoms with van der Waals surface area (Å²) >= 11 is 1.73. The zero-order valence-corrected chi connectivity index (χ0v) is 13.1. The molecule has 112 valence electrons. The molecule has 1 saturated carbocycles. The van der Waals surface area contributed by atoms with Crippen molar-refractivity contribution in [3.8, 4) is 0 Å². The number of aliphatic hydroxyl groups excluding tert-OH is 1. The molecule has 0 bridgehead atoms. The molecule has 2 heterocycles. The molecule has 2 fully saturated rings. The number of rotatable bonds is 3. The first-order valence-corrected chi connectivity index (χ1v) is 9.04. The number of piperidine rings is 1. The van der Waals surface area contributed by atoms with Gasteiger partial charge in [-0.3, -0.25) is 0 Å². The highest BCUT2D eigenvalue weighted by Crippen LogP contribution is 2.33. The Bertz CT molecular complexity index is 404. The third-order valence-electron chi connectivity index (χ3n) is 4.95. The monoisotopic (exact) mass is 294 g/mol. The van der Waals surface area contributed by atoms with E-state index in [-0.39, 0.29) is 6.61 Å². The van der Waals surface area contributed by atoms with Gasteiger partial charge in [0.25, 0.3) is 0 Å². The predicted molar refractivity (Wildman–Crippen MR) is 83.1 cm³/mol. The van der Waals surface area contributed by atoms with Crippen LogP contribution in [-0.2, 0) is 6.61 Å². The van der Waals surface area contributed by atoms with Gasteiger partial charge in [0.2, 0.25) is 0 Å². The van der Waals surface area contributed by atoms with Gasteiger partial charge in [-0.15, -0.1) is 11.3 Å². The number of likely N-dealkylation sites (tertiary alicyclic amines) is 1.